The Labute approximate surface area is 70.4 Å². The molecule has 0 amide bonds. The summed E-state index contributed by atoms with van der Waals surface area (Å²) in [5.74, 6) is 0. The minimum absolute atomic E-state index is 0.401. The maximum atomic E-state index is 2.55. The van der Waals surface area contributed by atoms with Gasteiger partial charge < -0.3 is 4.48 Å². The molecule has 1 fully saturated rings. The van der Waals surface area contributed by atoms with E-state index in [1.807, 2.05) is 0 Å². The number of rotatable bonds is 1. The Hall–Kier alpha value is -0.0800. The molecule has 66 valence electrons. The molecule has 0 aromatic rings. The SMILES string of the molecule is CCN1C[N+](C)(C)CC1(C)C. The summed E-state index contributed by atoms with van der Waals surface area (Å²) in [6.45, 7) is 10.6. The van der Waals surface area contributed by atoms with Crippen molar-refractivity contribution in [3.8, 4) is 0 Å². The minimum Gasteiger partial charge on any atom is -0.314 e. The molecule has 0 bridgehead atoms. The van der Waals surface area contributed by atoms with E-state index in [0.717, 1.165) is 4.48 Å². The first-order valence-electron chi connectivity index (χ1n) is 4.44. The van der Waals surface area contributed by atoms with Crippen molar-refractivity contribution in [2.45, 2.75) is 26.3 Å². The first-order valence-corrected chi connectivity index (χ1v) is 4.44. The fraction of sp³-hybridized carbons (Fsp3) is 1.00. The summed E-state index contributed by atoms with van der Waals surface area (Å²) >= 11 is 0. The lowest BCUT2D eigenvalue weighted by Gasteiger charge is -2.25. The Bertz CT molecular complexity index is 150. The van der Waals surface area contributed by atoms with Gasteiger partial charge in [-0.05, 0) is 13.8 Å². The molecule has 1 rings (SSSR count). The van der Waals surface area contributed by atoms with Crippen LogP contribution in [0.15, 0.2) is 0 Å². The van der Waals surface area contributed by atoms with Gasteiger partial charge in [-0.1, -0.05) is 6.92 Å². The molecule has 0 saturated carbocycles. The highest BCUT2D eigenvalue weighted by Crippen LogP contribution is 2.26. The maximum absolute atomic E-state index is 2.55. The quantitative estimate of drug-likeness (QED) is 0.516. The Morgan fingerprint density at radius 2 is 1.91 bits per heavy atom. The van der Waals surface area contributed by atoms with E-state index in [0.29, 0.717) is 5.54 Å². The third kappa shape index (κ3) is 1.74. The molecule has 11 heavy (non-hydrogen) atoms. The van der Waals surface area contributed by atoms with Crippen LogP contribution >= 0.6 is 0 Å². The average Bonchev–Trinajstić information content (AvgIpc) is 1.99. The lowest BCUT2D eigenvalue weighted by molar-refractivity contribution is -0.883. The second-order valence-electron chi connectivity index (χ2n) is 4.90. The van der Waals surface area contributed by atoms with Crippen molar-refractivity contribution < 1.29 is 4.48 Å². The summed E-state index contributed by atoms with van der Waals surface area (Å²) in [7, 11) is 4.61. The van der Waals surface area contributed by atoms with Gasteiger partial charge in [0.25, 0.3) is 0 Å². The van der Waals surface area contributed by atoms with Crippen LogP contribution in [0.5, 0.6) is 0 Å². The molecule has 1 aliphatic heterocycles. The number of hydrogen-bond donors (Lipinski definition) is 0. The van der Waals surface area contributed by atoms with Crippen LogP contribution in [0.25, 0.3) is 0 Å². The average molecular weight is 157 g/mol. The predicted molar refractivity (Wildman–Crippen MR) is 48.3 cm³/mol. The van der Waals surface area contributed by atoms with Crippen molar-refractivity contribution in [3.63, 3.8) is 0 Å². The summed E-state index contributed by atoms with van der Waals surface area (Å²) in [5.41, 5.74) is 0.401. The molecule has 0 radical (unpaired) electrons. The van der Waals surface area contributed by atoms with Crippen molar-refractivity contribution in [2.75, 3.05) is 33.9 Å². The maximum Gasteiger partial charge on any atom is 0.135 e. The molecule has 1 saturated heterocycles. The molecule has 0 aromatic heterocycles. The number of quaternary nitrogens is 1. The van der Waals surface area contributed by atoms with E-state index in [4.69, 9.17) is 0 Å². The number of hydrogen-bond acceptors (Lipinski definition) is 1. The van der Waals surface area contributed by atoms with Gasteiger partial charge in [0.2, 0.25) is 0 Å². The van der Waals surface area contributed by atoms with Crippen LogP contribution in [0.1, 0.15) is 20.8 Å². The zero-order chi connectivity index (χ0) is 8.70. The zero-order valence-electron chi connectivity index (χ0n) is 8.52. The second kappa shape index (κ2) is 2.46. The van der Waals surface area contributed by atoms with E-state index >= 15 is 0 Å². The highest BCUT2D eigenvalue weighted by molar-refractivity contribution is 4.83. The summed E-state index contributed by atoms with van der Waals surface area (Å²) in [6, 6.07) is 0. The van der Waals surface area contributed by atoms with Crippen molar-refractivity contribution in [1.29, 1.82) is 0 Å². The molecule has 2 heteroatoms. The topological polar surface area (TPSA) is 3.24 Å². The van der Waals surface area contributed by atoms with Gasteiger partial charge in [0.05, 0.1) is 26.2 Å². The van der Waals surface area contributed by atoms with E-state index in [-0.39, 0.29) is 0 Å². The molecule has 1 aliphatic rings. The Kier molecular flexibility index (Phi) is 2.01. The van der Waals surface area contributed by atoms with Gasteiger partial charge in [0, 0.05) is 6.54 Å². The Balaban J connectivity index is 2.71. The van der Waals surface area contributed by atoms with E-state index in [1.165, 1.54) is 19.8 Å². The fourth-order valence-electron chi connectivity index (χ4n) is 2.38. The van der Waals surface area contributed by atoms with Crippen LogP contribution in [0.3, 0.4) is 0 Å². The molecule has 0 N–H and O–H groups in total. The summed E-state index contributed by atoms with van der Waals surface area (Å²) < 4.78 is 1.14. The molecule has 2 nitrogen and oxygen atoms in total. The van der Waals surface area contributed by atoms with Crippen molar-refractivity contribution >= 4 is 0 Å². The zero-order valence-corrected chi connectivity index (χ0v) is 8.52. The largest absolute Gasteiger partial charge is 0.314 e. The lowest BCUT2D eigenvalue weighted by atomic mass is 10.1. The second-order valence-corrected chi connectivity index (χ2v) is 4.90. The smallest absolute Gasteiger partial charge is 0.135 e. The fourth-order valence-corrected chi connectivity index (χ4v) is 2.38. The van der Waals surface area contributed by atoms with Crippen LogP contribution in [-0.2, 0) is 0 Å². The first kappa shape index (κ1) is 9.01. The van der Waals surface area contributed by atoms with Gasteiger partial charge in [-0.25, -0.2) is 4.90 Å². The highest BCUT2D eigenvalue weighted by Gasteiger charge is 2.42. The predicted octanol–water partition coefficient (Wildman–Crippen LogP) is 1.13. The lowest BCUT2D eigenvalue weighted by Crippen LogP contribution is -2.40. The van der Waals surface area contributed by atoms with Gasteiger partial charge in [0.15, 0.2) is 0 Å². The van der Waals surface area contributed by atoms with E-state index in [2.05, 4.69) is 39.8 Å². The van der Waals surface area contributed by atoms with E-state index in [1.54, 1.807) is 0 Å². The standard InChI is InChI=1S/C9H21N2/c1-6-10-8-11(4,5)7-9(10,2)3/h6-8H2,1-5H3/q+1. The Morgan fingerprint density at radius 1 is 1.36 bits per heavy atom. The number of likely N-dealkylation sites (N-methyl/N-ethyl adjacent to an activating group) is 2. The summed E-state index contributed by atoms with van der Waals surface area (Å²) in [5, 5.41) is 0. The van der Waals surface area contributed by atoms with Gasteiger partial charge in [-0.15, -0.1) is 0 Å². The molecule has 0 spiro atoms. The van der Waals surface area contributed by atoms with E-state index in [9.17, 15) is 0 Å². The molecular weight excluding hydrogens is 136 g/mol. The molecule has 0 aliphatic carbocycles. The molecular formula is C9H21N2+. The minimum atomic E-state index is 0.401. The third-order valence-electron chi connectivity index (χ3n) is 2.61. The monoisotopic (exact) mass is 157 g/mol. The Morgan fingerprint density at radius 3 is 2.09 bits per heavy atom. The van der Waals surface area contributed by atoms with Gasteiger partial charge in [-0.3, -0.25) is 0 Å². The van der Waals surface area contributed by atoms with Crippen LogP contribution in [-0.4, -0.2) is 48.8 Å². The first-order chi connectivity index (χ1) is 4.87. The van der Waals surface area contributed by atoms with Crippen LogP contribution < -0.4 is 0 Å². The van der Waals surface area contributed by atoms with Gasteiger partial charge in [0.1, 0.15) is 6.67 Å². The highest BCUT2D eigenvalue weighted by atomic mass is 15.5. The summed E-state index contributed by atoms with van der Waals surface area (Å²) in [6.07, 6.45) is 0. The van der Waals surface area contributed by atoms with Crippen LogP contribution in [0, 0.1) is 0 Å². The molecule has 0 atom stereocenters. The van der Waals surface area contributed by atoms with E-state index < -0.39 is 0 Å². The van der Waals surface area contributed by atoms with Crippen LogP contribution in [0.4, 0.5) is 0 Å². The summed E-state index contributed by atoms with van der Waals surface area (Å²) in [4.78, 5) is 2.55. The molecule has 0 unspecified atom stereocenters. The molecule has 1 heterocycles. The van der Waals surface area contributed by atoms with Gasteiger partial charge in [-0.2, -0.15) is 0 Å². The van der Waals surface area contributed by atoms with Crippen molar-refractivity contribution in [3.05, 3.63) is 0 Å². The normalized spacial score (nSPS) is 29.2. The number of nitrogens with zero attached hydrogens (tertiary/aromatic N) is 2. The van der Waals surface area contributed by atoms with Gasteiger partial charge >= 0.3 is 0 Å². The molecule has 0 aromatic carbocycles. The third-order valence-corrected chi connectivity index (χ3v) is 2.61. The van der Waals surface area contributed by atoms with Crippen molar-refractivity contribution in [1.82, 2.24) is 4.90 Å². The van der Waals surface area contributed by atoms with Crippen molar-refractivity contribution in [2.24, 2.45) is 0 Å². The van der Waals surface area contributed by atoms with Crippen LogP contribution in [0.2, 0.25) is 0 Å².